The normalized spacial score (nSPS) is 11.8. The van der Waals surface area contributed by atoms with Gasteiger partial charge in [-0.2, -0.15) is 0 Å². The number of rotatable bonds is 7. The van der Waals surface area contributed by atoms with Crippen LogP contribution in [0.1, 0.15) is 27.5 Å². The fraction of sp³-hybridized carbons (Fsp3) is 0.0870. The van der Waals surface area contributed by atoms with Crippen LogP contribution in [0.15, 0.2) is 72.9 Å². The summed E-state index contributed by atoms with van der Waals surface area (Å²) in [7, 11) is 1.58. The van der Waals surface area contributed by atoms with E-state index in [1.807, 2.05) is 24.3 Å². The summed E-state index contributed by atoms with van der Waals surface area (Å²) in [5.41, 5.74) is 14.1. The number of pyridine rings is 1. The van der Waals surface area contributed by atoms with Crippen molar-refractivity contribution in [1.82, 2.24) is 4.98 Å². The number of ketones is 1. The van der Waals surface area contributed by atoms with Crippen molar-refractivity contribution in [2.45, 2.75) is 6.04 Å². The molecule has 7 heteroatoms. The van der Waals surface area contributed by atoms with Crippen molar-refractivity contribution in [2.24, 2.45) is 5.73 Å². The average Bonchev–Trinajstić information content (AvgIpc) is 2.77. The van der Waals surface area contributed by atoms with E-state index < -0.39 is 6.04 Å². The minimum atomic E-state index is -0.830. The zero-order valence-corrected chi connectivity index (χ0v) is 16.4. The number of nitrogens with one attached hydrogen (secondary N) is 1. The lowest BCUT2D eigenvalue weighted by Crippen LogP contribution is -2.20. The number of carbonyl (C=O) groups excluding carboxylic acids is 2. The fourth-order valence-corrected chi connectivity index (χ4v) is 2.76. The molecule has 0 aliphatic carbocycles. The van der Waals surface area contributed by atoms with Gasteiger partial charge in [-0.3, -0.25) is 9.59 Å². The highest BCUT2D eigenvalue weighted by Gasteiger charge is 2.14. The number of nitrogens with zero attached hydrogens (tertiary/aromatic N) is 1. The van der Waals surface area contributed by atoms with Gasteiger partial charge in [-0.25, -0.2) is 4.98 Å². The largest absolute Gasteiger partial charge is 0.497 e. The standard InChI is InChI=1S/C23H22N4O3/c1-30-19-4-2-3-15(13-19)5-10-20(28)22(25)16-6-8-17(9-7-16)23(29)27-18-11-12-26-21(24)14-18/h2-14,22H,25H2,1H3,(H3,24,26,27,29)/b10-5+. The van der Waals surface area contributed by atoms with Crippen LogP contribution in [0, 0.1) is 0 Å². The molecule has 0 spiro atoms. The molecule has 152 valence electrons. The molecule has 0 saturated heterocycles. The number of aromatic nitrogens is 1. The van der Waals surface area contributed by atoms with Crippen molar-refractivity contribution in [3.05, 3.63) is 89.6 Å². The maximum Gasteiger partial charge on any atom is 0.255 e. The van der Waals surface area contributed by atoms with E-state index in [0.29, 0.717) is 28.4 Å². The molecule has 0 bridgehead atoms. The first-order valence-corrected chi connectivity index (χ1v) is 9.20. The van der Waals surface area contributed by atoms with Gasteiger partial charge in [0.2, 0.25) is 0 Å². The molecule has 1 atom stereocenters. The van der Waals surface area contributed by atoms with Gasteiger partial charge in [0.15, 0.2) is 5.78 Å². The molecule has 1 unspecified atom stereocenters. The van der Waals surface area contributed by atoms with E-state index in [2.05, 4.69) is 10.3 Å². The molecule has 1 amide bonds. The van der Waals surface area contributed by atoms with Crippen LogP contribution in [0.3, 0.4) is 0 Å². The Morgan fingerprint density at radius 1 is 1.10 bits per heavy atom. The molecule has 0 aliphatic heterocycles. The lowest BCUT2D eigenvalue weighted by Gasteiger charge is -2.10. The van der Waals surface area contributed by atoms with Crippen LogP contribution in [-0.4, -0.2) is 23.8 Å². The lowest BCUT2D eigenvalue weighted by atomic mass is 10.0. The Balaban J connectivity index is 1.65. The van der Waals surface area contributed by atoms with Gasteiger partial charge in [0.25, 0.3) is 5.91 Å². The number of hydrogen-bond acceptors (Lipinski definition) is 6. The van der Waals surface area contributed by atoms with Crippen molar-refractivity contribution in [3.63, 3.8) is 0 Å². The summed E-state index contributed by atoms with van der Waals surface area (Å²) in [4.78, 5) is 28.7. The number of ether oxygens (including phenoxy) is 1. The van der Waals surface area contributed by atoms with Crippen molar-refractivity contribution in [1.29, 1.82) is 0 Å². The van der Waals surface area contributed by atoms with Gasteiger partial charge in [0.1, 0.15) is 11.6 Å². The third kappa shape index (κ3) is 5.30. The number of anilines is 2. The first-order valence-electron chi connectivity index (χ1n) is 9.20. The Bertz CT molecular complexity index is 1080. The zero-order chi connectivity index (χ0) is 21.5. The Kier molecular flexibility index (Phi) is 6.56. The molecule has 1 aromatic heterocycles. The molecule has 3 rings (SSSR count). The van der Waals surface area contributed by atoms with E-state index in [9.17, 15) is 9.59 Å². The summed E-state index contributed by atoms with van der Waals surface area (Å²) >= 11 is 0. The fourth-order valence-electron chi connectivity index (χ4n) is 2.76. The molecule has 0 radical (unpaired) electrons. The van der Waals surface area contributed by atoms with Crippen LogP contribution in [0.25, 0.3) is 6.08 Å². The summed E-state index contributed by atoms with van der Waals surface area (Å²) in [6.07, 6.45) is 4.64. The van der Waals surface area contributed by atoms with Gasteiger partial charge >= 0.3 is 0 Å². The molecule has 2 aromatic carbocycles. The average molecular weight is 402 g/mol. The number of nitrogens with two attached hydrogens (primary N) is 2. The SMILES string of the molecule is COc1cccc(/C=C/C(=O)C(N)c2ccc(C(=O)Nc3ccnc(N)c3)cc2)c1. The molecule has 0 saturated carbocycles. The topological polar surface area (TPSA) is 120 Å². The molecule has 7 nitrogen and oxygen atoms in total. The van der Waals surface area contributed by atoms with Gasteiger partial charge in [-0.1, -0.05) is 30.3 Å². The predicted molar refractivity (Wildman–Crippen MR) is 117 cm³/mol. The van der Waals surface area contributed by atoms with Crippen molar-refractivity contribution >= 4 is 29.3 Å². The number of amides is 1. The van der Waals surface area contributed by atoms with Crippen LogP contribution in [0.2, 0.25) is 0 Å². The molecule has 5 N–H and O–H groups in total. The van der Waals surface area contributed by atoms with Gasteiger partial charge in [-0.15, -0.1) is 0 Å². The molecule has 30 heavy (non-hydrogen) atoms. The second-order valence-electron chi connectivity index (χ2n) is 6.54. The number of hydrogen-bond donors (Lipinski definition) is 3. The molecule has 3 aromatic rings. The number of methoxy groups -OCH3 is 1. The summed E-state index contributed by atoms with van der Waals surface area (Å²) < 4.78 is 5.17. The Morgan fingerprint density at radius 2 is 1.87 bits per heavy atom. The maximum atomic E-state index is 12.4. The lowest BCUT2D eigenvalue weighted by molar-refractivity contribution is -0.115. The maximum absolute atomic E-state index is 12.4. The van der Waals surface area contributed by atoms with Gasteiger partial charge in [0, 0.05) is 23.5 Å². The van der Waals surface area contributed by atoms with Crippen LogP contribution < -0.4 is 21.5 Å². The smallest absolute Gasteiger partial charge is 0.255 e. The van der Waals surface area contributed by atoms with E-state index in [0.717, 1.165) is 5.56 Å². The van der Waals surface area contributed by atoms with E-state index in [-0.39, 0.29) is 11.7 Å². The highest BCUT2D eigenvalue weighted by Crippen LogP contribution is 2.17. The summed E-state index contributed by atoms with van der Waals surface area (Å²) in [5, 5.41) is 2.74. The molecule has 0 aliphatic rings. The first kappa shape index (κ1) is 20.8. The molecular weight excluding hydrogens is 380 g/mol. The first-order chi connectivity index (χ1) is 14.5. The molecular formula is C23H22N4O3. The predicted octanol–water partition coefficient (Wildman–Crippen LogP) is 3.21. The monoisotopic (exact) mass is 402 g/mol. The van der Waals surface area contributed by atoms with Gasteiger partial charge < -0.3 is 21.5 Å². The molecule has 0 fully saturated rings. The summed E-state index contributed by atoms with van der Waals surface area (Å²) in [6, 6.07) is 16.3. The third-order valence-electron chi connectivity index (χ3n) is 4.41. The minimum absolute atomic E-state index is 0.248. The van der Waals surface area contributed by atoms with E-state index >= 15 is 0 Å². The second-order valence-corrected chi connectivity index (χ2v) is 6.54. The highest BCUT2D eigenvalue weighted by atomic mass is 16.5. The van der Waals surface area contributed by atoms with Crippen LogP contribution >= 0.6 is 0 Å². The van der Waals surface area contributed by atoms with Gasteiger partial charge in [0.05, 0.1) is 13.2 Å². The van der Waals surface area contributed by atoms with Crippen molar-refractivity contribution < 1.29 is 14.3 Å². The van der Waals surface area contributed by atoms with Crippen molar-refractivity contribution in [3.8, 4) is 5.75 Å². The Hall–Kier alpha value is -3.97. The van der Waals surface area contributed by atoms with Crippen LogP contribution in [0.4, 0.5) is 11.5 Å². The second kappa shape index (κ2) is 9.49. The van der Waals surface area contributed by atoms with Gasteiger partial charge in [-0.05, 0) is 47.5 Å². The summed E-state index contributed by atoms with van der Waals surface area (Å²) in [6.45, 7) is 0. The quantitative estimate of drug-likeness (QED) is 0.522. The Morgan fingerprint density at radius 3 is 2.57 bits per heavy atom. The number of nitrogen functional groups attached to an aromatic ring is 1. The Labute approximate surface area is 174 Å². The van der Waals surface area contributed by atoms with E-state index in [1.54, 1.807) is 49.6 Å². The number of benzene rings is 2. The minimum Gasteiger partial charge on any atom is -0.497 e. The third-order valence-corrected chi connectivity index (χ3v) is 4.41. The van der Waals surface area contributed by atoms with Crippen molar-refractivity contribution in [2.75, 3.05) is 18.2 Å². The highest BCUT2D eigenvalue weighted by molar-refractivity contribution is 6.04. The summed E-state index contributed by atoms with van der Waals surface area (Å²) in [5.74, 6) is 0.471. The van der Waals surface area contributed by atoms with Crippen LogP contribution in [0.5, 0.6) is 5.75 Å². The van der Waals surface area contributed by atoms with E-state index in [4.69, 9.17) is 16.2 Å². The molecule has 1 heterocycles. The zero-order valence-electron chi connectivity index (χ0n) is 16.4. The van der Waals surface area contributed by atoms with E-state index in [1.165, 1.54) is 12.3 Å². The number of carbonyl (C=O) groups is 2. The van der Waals surface area contributed by atoms with Crippen LogP contribution in [-0.2, 0) is 4.79 Å².